The van der Waals surface area contributed by atoms with E-state index in [0.29, 0.717) is 6.98 Å². The summed E-state index contributed by atoms with van der Waals surface area (Å²) in [6, 6.07) is 21.9. The molecule has 4 rings (SSSR count). The molecule has 3 heteroatoms. The van der Waals surface area contributed by atoms with Gasteiger partial charge in [0.25, 0.3) is 0 Å². The Hall–Kier alpha value is -2.16. The SMILES string of the molecule is CCCC1(CCC)B(Nc2ccccc2)N(c2ccccc2)C2=C1CCCC2. The van der Waals surface area contributed by atoms with Crippen molar-refractivity contribution in [2.45, 2.75) is 70.5 Å². The number of hydrogen-bond donors (Lipinski definition) is 1. The largest absolute Gasteiger partial charge is 0.408 e. The van der Waals surface area contributed by atoms with Crippen LogP contribution < -0.4 is 10.0 Å². The van der Waals surface area contributed by atoms with Crippen LogP contribution in [0.3, 0.4) is 0 Å². The van der Waals surface area contributed by atoms with Crippen molar-refractivity contribution < 1.29 is 0 Å². The first-order chi connectivity index (χ1) is 13.8. The lowest BCUT2D eigenvalue weighted by Gasteiger charge is -2.39. The Morgan fingerprint density at radius 1 is 0.857 bits per heavy atom. The summed E-state index contributed by atoms with van der Waals surface area (Å²) < 4.78 is 0. The van der Waals surface area contributed by atoms with Gasteiger partial charge in [-0.3, -0.25) is 0 Å². The molecule has 0 radical (unpaired) electrons. The molecule has 0 atom stereocenters. The number of rotatable bonds is 7. The predicted octanol–water partition coefficient (Wildman–Crippen LogP) is 7.28. The molecule has 0 saturated carbocycles. The number of benzene rings is 2. The first-order valence-corrected chi connectivity index (χ1v) is 11.2. The second kappa shape index (κ2) is 8.47. The Bertz CT molecular complexity index is 794. The summed E-state index contributed by atoms with van der Waals surface area (Å²) in [5.74, 6) is 0. The molecule has 2 aromatic carbocycles. The average molecular weight is 372 g/mol. The van der Waals surface area contributed by atoms with Gasteiger partial charge in [-0.2, -0.15) is 0 Å². The zero-order chi connectivity index (χ0) is 19.4. The van der Waals surface area contributed by atoms with Gasteiger partial charge in [-0.15, -0.1) is 0 Å². The van der Waals surface area contributed by atoms with Gasteiger partial charge in [0.05, 0.1) is 0 Å². The molecule has 0 fully saturated rings. The first kappa shape index (κ1) is 19.2. The van der Waals surface area contributed by atoms with Crippen LogP contribution in [0, 0.1) is 0 Å². The molecule has 1 heterocycles. The molecule has 1 aliphatic heterocycles. The normalized spacial score (nSPS) is 18.4. The highest BCUT2D eigenvalue weighted by Crippen LogP contribution is 2.59. The van der Waals surface area contributed by atoms with E-state index in [4.69, 9.17) is 0 Å². The first-order valence-electron chi connectivity index (χ1n) is 11.2. The topological polar surface area (TPSA) is 15.3 Å². The molecule has 0 unspecified atom stereocenters. The van der Waals surface area contributed by atoms with Crippen molar-refractivity contribution in [2.24, 2.45) is 0 Å². The minimum atomic E-state index is 0.227. The second-order valence-corrected chi connectivity index (χ2v) is 8.41. The highest BCUT2D eigenvalue weighted by atomic mass is 15.2. The van der Waals surface area contributed by atoms with Gasteiger partial charge in [0.2, 0.25) is 0 Å². The molecule has 0 bridgehead atoms. The monoisotopic (exact) mass is 372 g/mol. The summed E-state index contributed by atoms with van der Waals surface area (Å²) in [6.45, 7) is 5.00. The highest BCUT2D eigenvalue weighted by molar-refractivity contribution is 6.72. The standard InChI is InChI=1S/C25H33BN2/c1-3-19-25(20-4-2)23-17-11-12-18-24(23)28(22-15-9-6-10-16-22)26(25)27-21-13-7-5-8-14-21/h5-10,13-16,27H,3-4,11-12,17-20H2,1-2H3. The van der Waals surface area contributed by atoms with E-state index in [1.54, 1.807) is 11.3 Å². The minimum absolute atomic E-state index is 0.227. The van der Waals surface area contributed by atoms with E-state index >= 15 is 0 Å². The maximum Gasteiger partial charge on any atom is 0.388 e. The lowest BCUT2D eigenvalue weighted by molar-refractivity contribution is 0.487. The van der Waals surface area contributed by atoms with Crippen molar-refractivity contribution in [2.75, 3.05) is 10.0 Å². The van der Waals surface area contributed by atoms with Crippen molar-refractivity contribution in [1.82, 2.24) is 0 Å². The van der Waals surface area contributed by atoms with Gasteiger partial charge >= 0.3 is 6.98 Å². The molecule has 2 nitrogen and oxygen atoms in total. The van der Waals surface area contributed by atoms with Crippen molar-refractivity contribution in [3.63, 3.8) is 0 Å². The maximum absolute atomic E-state index is 3.99. The van der Waals surface area contributed by atoms with E-state index in [2.05, 4.69) is 84.5 Å². The molecule has 2 aromatic rings. The van der Waals surface area contributed by atoms with Crippen LogP contribution in [0.15, 0.2) is 71.9 Å². The van der Waals surface area contributed by atoms with E-state index in [-0.39, 0.29) is 5.31 Å². The number of anilines is 2. The zero-order valence-electron chi connectivity index (χ0n) is 17.5. The molecule has 28 heavy (non-hydrogen) atoms. The molecular weight excluding hydrogens is 339 g/mol. The van der Waals surface area contributed by atoms with Crippen LogP contribution >= 0.6 is 0 Å². The third-order valence-electron chi connectivity index (χ3n) is 6.62. The van der Waals surface area contributed by atoms with Crippen LogP contribution in [-0.4, -0.2) is 6.98 Å². The summed E-state index contributed by atoms with van der Waals surface area (Å²) in [7, 11) is 0. The maximum atomic E-state index is 3.99. The Morgan fingerprint density at radius 3 is 2.11 bits per heavy atom. The summed E-state index contributed by atoms with van der Waals surface area (Å²) in [6.07, 6.45) is 10.1. The van der Waals surface area contributed by atoms with Crippen LogP contribution in [0.4, 0.5) is 11.4 Å². The Labute approximate surface area is 171 Å². The average Bonchev–Trinajstić information content (AvgIpc) is 3.00. The van der Waals surface area contributed by atoms with E-state index in [1.165, 1.54) is 62.7 Å². The van der Waals surface area contributed by atoms with Gasteiger partial charge in [0, 0.05) is 22.4 Å². The van der Waals surface area contributed by atoms with E-state index in [1.807, 2.05) is 0 Å². The quantitative estimate of drug-likeness (QED) is 0.514. The fraction of sp³-hybridized carbons (Fsp3) is 0.440. The predicted molar refractivity (Wildman–Crippen MR) is 123 cm³/mol. The van der Waals surface area contributed by atoms with E-state index in [9.17, 15) is 0 Å². The fourth-order valence-corrected chi connectivity index (χ4v) is 5.64. The van der Waals surface area contributed by atoms with Crippen LogP contribution in [-0.2, 0) is 0 Å². The van der Waals surface area contributed by atoms with Crippen LogP contribution in [0.5, 0.6) is 0 Å². The number of hydrogen-bond acceptors (Lipinski definition) is 2. The van der Waals surface area contributed by atoms with Gasteiger partial charge in [-0.25, -0.2) is 0 Å². The summed E-state index contributed by atoms with van der Waals surface area (Å²) in [5, 5.41) is 4.22. The van der Waals surface area contributed by atoms with Gasteiger partial charge < -0.3 is 10.0 Å². The third-order valence-corrected chi connectivity index (χ3v) is 6.62. The van der Waals surface area contributed by atoms with Crippen molar-refractivity contribution in [1.29, 1.82) is 0 Å². The number of allylic oxidation sites excluding steroid dienone is 2. The lowest BCUT2D eigenvalue weighted by Crippen LogP contribution is -2.49. The van der Waals surface area contributed by atoms with Crippen LogP contribution in [0.1, 0.15) is 65.2 Å². The zero-order valence-corrected chi connectivity index (χ0v) is 17.5. The van der Waals surface area contributed by atoms with Gasteiger partial charge in [-0.1, -0.05) is 63.1 Å². The number of nitrogens with zero attached hydrogens (tertiary/aromatic N) is 1. The molecule has 0 aromatic heterocycles. The van der Waals surface area contributed by atoms with Crippen molar-refractivity contribution in [3.05, 3.63) is 71.9 Å². The highest BCUT2D eigenvalue weighted by Gasteiger charge is 2.55. The molecule has 0 saturated heterocycles. The summed E-state index contributed by atoms with van der Waals surface area (Å²) in [4.78, 5) is 2.66. The Kier molecular flexibility index (Phi) is 5.80. The van der Waals surface area contributed by atoms with Gasteiger partial charge in [0.15, 0.2) is 0 Å². The lowest BCUT2D eigenvalue weighted by atomic mass is 9.44. The van der Waals surface area contributed by atoms with Crippen LogP contribution in [0.25, 0.3) is 0 Å². The Balaban J connectivity index is 1.85. The number of para-hydroxylation sites is 2. The fourth-order valence-electron chi connectivity index (χ4n) is 5.64. The Morgan fingerprint density at radius 2 is 1.46 bits per heavy atom. The third kappa shape index (κ3) is 3.36. The van der Waals surface area contributed by atoms with Gasteiger partial charge in [0.1, 0.15) is 0 Å². The minimum Gasteiger partial charge on any atom is -0.408 e. The smallest absolute Gasteiger partial charge is 0.388 e. The van der Waals surface area contributed by atoms with Crippen molar-refractivity contribution >= 4 is 18.4 Å². The molecule has 146 valence electrons. The van der Waals surface area contributed by atoms with Gasteiger partial charge in [-0.05, 0) is 68.4 Å². The molecule has 1 aliphatic carbocycles. The van der Waals surface area contributed by atoms with Crippen molar-refractivity contribution in [3.8, 4) is 0 Å². The van der Waals surface area contributed by atoms with E-state index < -0.39 is 0 Å². The van der Waals surface area contributed by atoms with E-state index in [0.717, 1.165) is 0 Å². The number of nitrogens with one attached hydrogen (secondary N) is 1. The summed E-state index contributed by atoms with van der Waals surface area (Å²) >= 11 is 0. The molecule has 1 N–H and O–H groups in total. The molecule has 0 spiro atoms. The summed E-state index contributed by atoms with van der Waals surface area (Å²) in [5.41, 5.74) is 5.91. The molecule has 2 aliphatic rings. The molecule has 0 amide bonds. The molecular formula is C25H33BN2. The van der Waals surface area contributed by atoms with Crippen LogP contribution in [0.2, 0.25) is 5.31 Å². The second-order valence-electron chi connectivity index (χ2n) is 8.41.